The molecular formula is C20H17ClFN3O3. The van der Waals surface area contributed by atoms with Gasteiger partial charge in [0.15, 0.2) is 0 Å². The second-order valence-electron chi connectivity index (χ2n) is 6.36. The van der Waals surface area contributed by atoms with Gasteiger partial charge in [0.1, 0.15) is 22.8 Å². The van der Waals surface area contributed by atoms with Gasteiger partial charge < -0.3 is 4.52 Å². The van der Waals surface area contributed by atoms with Crippen molar-refractivity contribution < 1.29 is 18.5 Å². The number of halogens is 2. The Bertz CT molecular complexity index is 1070. The van der Waals surface area contributed by atoms with Crippen LogP contribution in [0, 0.1) is 26.6 Å². The number of carbonyl (C=O) groups is 2. The molecule has 144 valence electrons. The topological polar surface area (TPSA) is 89.4 Å². The maximum atomic E-state index is 14.3. The first-order chi connectivity index (χ1) is 13.2. The van der Waals surface area contributed by atoms with Crippen molar-refractivity contribution in [1.29, 1.82) is 0 Å². The van der Waals surface area contributed by atoms with Crippen LogP contribution in [-0.2, 0) is 0 Å². The number of nitrogens with zero attached hydrogens (tertiary/aromatic N) is 2. The fourth-order valence-corrected chi connectivity index (χ4v) is 3.17. The fourth-order valence-electron chi connectivity index (χ4n) is 2.91. The van der Waals surface area contributed by atoms with Crippen LogP contribution in [-0.4, -0.2) is 22.0 Å². The highest BCUT2D eigenvalue weighted by atomic mass is 35.5. The zero-order chi connectivity index (χ0) is 20.6. The van der Waals surface area contributed by atoms with Crippen molar-refractivity contribution in [2.24, 2.45) is 5.84 Å². The number of aromatic nitrogens is 1. The predicted molar refractivity (Wildman–Crippen MR) is 102 cm³/mol. The second kappa shape index (κ2) is 7.53. The number of hydrogen-bond donors (Lipinski definition) is 1. The lowest BCUT2D eigenvalue weighted by atomic mass is 10.0. The lowest BCUT2D eigenvalue weighted by Crippen LogP contribution is -2.43. The molecule has 0 bridgehead atoms. The summed E-state index contributed by atoms with van der Waals surface area (Å²) in [5.41, 5.74) is 1.57. The Morgan fingerprint density at radius 1 is 1.14 bits per heavy atom. The molecule has 2 amide bonds. The average Bonchev–Trinajstić information content (AvgIpc) is 3.01. The number of carbonyl (C=O) groups excluding carboxylic acids is 2. The summed E-state index contributed by atoms with van der Waals surface area (Å²) < 4.78 is 19.4. The van der Waals surface area contributed by atoms with Crippen LogP contribution in [0.1, 0.15) is 37.6 Å². The molecule has 3 aromatic rings. The lowest BCUT2D eigenvalue weighted by Gasteiger charge is -2.16. The van der Waals surface area contributed by atoms with Gasteiger partial charge in [0, 0.05) is 5.56 Å². The molecule has 0 radical (unpaired) electrons. The quantitative estimate of drug-likeness (QED) is 0.307. The third-order valence-corrected chi connectivity index (χ3v) is 4.64. The van der Waals surface area contributed by atoms with Gasteiger partial charge in [0.05, 0.1) is 10.6 Å². The van der Waals surface area contributed by atoms with Crippen LogP contribution in [0.25, 0.3) is 11.3 Å². The van der Waals surface area contributed by atoms with Gasteiger partial charge in [-0.1, -0.05) is 40.5 Å². The van der Waals surface area contributed by atoms with E-state index in [4.69, 9.17) is 22.0 Å². The third kappa shape index (κ3) is 3.42. The van der Waals surface area contributed by atoms with Gasteiger partial charge >= 0.3 is 0 Å². The van der Waals surface area contributed by atoms with Crippen LogP contribution >= 0.6 is 11.6 Å². The van der Waals surface area contributed by atoms with Crippen LogP contribution in [0.3, 0.4) is 0 Å². The summed E-state index contributed by atoms with van der Waals surface area (Å²) in [6.45, 7) is 5.10. The minimum absolute atomic E-state index is 0.0478. The molecule has 2 aromatic carbocycles. The summed E-state index contributed by atoms with van der Waals surface area (Å²) in [6, 6.07) is 9.21. The number of nitrogens with two attached hydrogens (primary N) is 1. The molecule has 0 saturated carbocycles. The molecule has 28 heavy (non-hydrogen) atoms. The van der Waals surface area contributed by atoms with Crippen molar-refractivity contribution in [1.82, 2.24) is 10.2 Å². The van der Waals surface area contributed by atoms with Crippen molar-refractivity contribution in [3.63, 3.8) is 0 Å². The first-order valence-corrected chi connectivity index (χ1v) is 8.71. The van der Waals surface area contributed by atoms with Crippen molar-refractivity contribution in [3.05, 3.63) is 75.3 Å². The van der Waals surface area contributed by atoms with Gasteiger partial charge in [0.25, 0.3) is 11.8 Å². The number of aryl methyl sites for hydroxylation is 3. The van der Waals surface area contributed by atoms with Crippen LogP contribution in [0.15, 0.2) is 40.9 Å². The number of amides is 2. The number of imide groups is 1. The molecule has 0 aliphatic heterocycles. The molecule has 6 nitrogen and oxygen atoms in total. The maximum absolute atomic E-state index is 14.3. The minimum Gasteiger partial charge on any atom is -0.360 e. The molecule has 0 saturated heterocycles. The Hall–Kier alpha value is -3.03. The summed E-state index contributed by atoms with van der Waals surface area (Å²) in [4.78, 5) is 25.7. The SMILES string of the molecule is Cc1ccc(C(=O)N(N)C(=O)c2c(-c3c(F)cccc3Cl)noc2C)c(C)c1. The highest BCUT2D eigenvalue weighted by molar-refractivity contribution is 6.33. The monoisotopic (exact) mass is 401 g/mol. The number of hydrazine groups is 1. The Kier molecular flexibility index (Phi) is 5.31. The van der Waals surface area contributed by atoms with Crippen LogP contribution in [0.2, 0.25) is 5.02 Å². The number of hydrogen-bond acceptors (Lipinski definition) is 5. The van der Waals surface area contributed by atoms with Gasteiger partial charge in [0.2, 0.25) is 0 Å². The predicted octanol–water partition coefficient (Wildman–Crippen LogP) is 4.22. The molecule has 0 unspecified atom stereocenters. The van der Waals surface area contributed by atoms with E-state index in [2.05, 4.69) is 5.16 Å². The Labute approximate surface area is 165 Å². The van der Waals surface area contributed by atoms with E-state index in [0.29, 0.717) is 10.6 Å². The van der Waals surface area contributed by atoms with Gasteiger partial charge in [-0.05, 0) is 44.5 Å². The molecule has 8 heteroatoms. The van der Waals surface area contributed by atoms with Gasteiger partial charge in [-0.15, -0.1) is 0 Å². The Morgan fingerprint density at radius 3 is 2.50 bits per heavy atom. The zero-order valence-electron chi connectivity index (χ0n) is 15.4. The normalized spacial score (nSPS) is 10.8. The molecule has 0 aliphatic carbocycles. The second-order valence-corrected chi connectivity index (χ2v) is 6.76. The molecular weight excluding hydrogens is 385 g/mol. The van der Waals surface area contributed by atoms with E-state index in [1.54, 1.807) is 25.1 Å². The molecule has 0 aliphatic rings. The summed E-state index contributed by atoms with van der Waals surface area (Å²) in [6.07, 6.45) is 0. The first kappa shape index (κ1) is 19.7. The third-order valence-electron chi connectivity index (χ3n) is 4.33. The standard InChI is InChI=1S/C20H17ClFN3O3/c1-10-7-8-13(11(2)9-10)19(26)25(23)20(27)16-12(3)28-24-18(16)17-14(21)5-4-6-15(17)22/h4-9H,23H2,1-3H3. The Balaban J connectivity index is 2.04. The van der Waals surface area contributed by atoms with E-state index in [-0.39, 0.29) is 33.2 Å². The van der Waals surface area contributed by atoms with Crippen LogP contribution in [0.5, 0.6) is 0 Å². The fraction of sp³-hybridized carbons (Fsp3) is 0.150. The van der Waals surface area contributed by atoms with Crippen molar-refractivity contribution >= 4 is 23.4 Å². The van der Waals surface area contributed by atoms with E-state index in [9.17, 15) is 14.0 Å². The summed E-state index contributed by atoms with van der Waals surface area (Å²) in [7, 11) is 0. The van der Waals surface area contributed by atoms with Gasteiger partial charge in [-0.3, -0.25) is 9.59 Å². The van der Waals surface area contributed by atoms with E-state index in [0.717, 1.165) is 5.56 Å². The highest BCUT2D eigenvalue weighted by Gasteiger charge is 2.31. The summed E-state index contributed by atoms with van der Waals surface area (Å²) in [5, 5.41) is 4.27. The zero-order valence-corrected chi connectivity index (χ0v) is 16.2. The maximum Gasteiger partial charge on any atom is 0.281 e. The van der Waals surface area contributed by atoms with E-state index >= 15 is 0 Å². The average molecular weight is 402 g/mol. The molecule has 1 heterocycles. The molecule has 0 fully saturated rings. The highest BCUT2D eigenvalue weighted by Crippen LogP contribution is 2.34. The number of rotatable bonds is 3. The lowest BCUT2D eigenvalue weighted by molar-refractivity contribution is 0.0614. The largest absolute Gasteiger partial charge is 0.360 e. The molecule has 1 aromatic heterocycles. The van der Waals surface area contributed by atoms with E-state index in [1.165, 1.54) is 25.1 Å². The van der Waals surface area contributed by atoms with E-state index in [1.807, 2.05) is 6.92 Å². The minimum atomic E-state index is -0.877. The molecule has 0 atom stereocenters. The first-order valence-electron chi connectivity index (χ1n) is 8.33. The van der Waals surface area contributed by atoms with Crippen molar-refractivity contribution in [3.8, 4) is 11.3 Å². The van der Waals surface area contributed by atoms with E-state index < -0.39 is 17.6 Å². The van der Waals surface area contributed by atoms with Crippen molar-refractivity contribution in [2.45, 2.75) is 20.8 Å². The van der Waals surface area contributed by atoms with Gasteiger partial charge in [-0.25, -0.2) is 15.2 Å². The number of benzene rings is 2. The molecule has 2 N–H and O–H groups in total. The smallest absolute Gasteiger partial charge is 0.281 e. The summed E-state index contributed by atoms with van der Waals surface area (Å²) >= 11 is 6.08. The van der Waals surface area contributed by atoms with Gasteiger partial charge in [-0.2, -0.15) is 0 Å². The molecule has 3 rings (SSSR count). The summed E-state index contributed by atoms with van der Waals surface area (Å²) in [5.74, 6) is 3.65. The van der Waals surface area contributed by atoms with Crippen LogP contribution < -0.4 is 5.84 Å². The van der Waals surface area contributed by atoms with Crippen molar-refractivity contribution in [2.75, 3.05) is 0 Å². The van der Waals surface area contributed by atoms with Crippen LogP contribution in [0.4, 0.5) is 4.39 Å². The molecule has 0 spiro atoms. The Morgan fingerprint density at radius 2 is 1.86 bits per heavy atom.